The van der Waals surface area contributed by atoms with Gasteiger partial charge in [0.25, 0.3) is 0 Å². The van der Waals surface area contributed by atoms with E-state index in [1.807, 2.05) is 24.3 Å². The normalized spacial score (nSPS) is 26.3. The number of hydrogen-bond acceptors (Lipinski definition) is 14. The number of rotatable bonds is 6. The molecular formula is C45H48O14. The summed E-state index contributed by atoms with van der Waals surface area (Å²) in [5.41, 5.74) is 7.62. The van der Waals surface area contributed by atoms with Crippen molar-refractivity contribution in [2.75, 3.05) is 63.0 Å². The van der Waals surface area contributed by atoms with Crippen molar-refractivity contribution in [3.63, 3.8) is 0 Å². The van der Waals surface area contributed by atoms with Gasteiger partial charge in [-0.3, -0.25) is 0 Å². The molecule has 8 unspecified atom stereocenters. The molecule has 7 heterocycles. The number of fused-ring (bicyclic) bond motifs is 17. The quantitative estimate of drug-likeness (QED) is 0.184. The van der Waals surface area contributed by atoms with Crippen LogP contribution in [0.15, 0.2) is 24.3 Å². The number of methoxy groups -OCH3 is 6. The fraction of sp³-hybridized carbons (Fsp3) is 0.467. The highest BCUT2D eigenvalue weighted by Gasteiger charge is 2.50. The van der Waals surface area contributed by atoms with E-state index in [0.29, 0.717) is 92.7 Å². The zero-order valence-corrected chi connectivity index (χ0v) is 34.8. The first-order valence-corrected chi connectivity index (χ1v) is 19.8. The predicted octanol–water partition coefficient (Wildman–Crippen LogP) is 8.74. The van der Waals surface area contributed by atoms with Crippen LogP contribution in [0.25, 0.3) is 22.3 Å². The van der Waals surface area contributed by atoms with Gasteiger partial charge in [0.1, 0.15) is 0 Å². The molecule has 2 fully saturated rings. The molecule has 2 saturated heterocycles. The standard InChI is InChI=1S/C23H26O7.C22H22O7/c1-10-11(2)19-13-8-15-21(29-9-28-15)23(27-6)17(13)16-12(18(10)30-19)7-14(24-3)20(25-4)22(16)26-5;1-9-10(2)18-12-6-14-20(28-8-26-14)22(24-4)16(12)15-11(17(9)29-18)5-13-19(21(15)23-3)27-7-25-13/h7-8,10-11,18-19H,9H2,1-6H3;5-6,9-10,17-18H,7-8H2,1-4H3. The smallest absolute Gasteiger partial charge is 0.231 e. The first-order valence-electron chi connectivity index (χ1n) is 19.8. The van der Waals surface area contributed by atoms with Gasteiger partial charge < -0.3 is 66.3 Å². The van der Waals surface area contributed by atoms with Crippen LogP contribution in [0.1, 0.15) is 74.4 Å². The zero-order chi connectivity index (χ0) is 41.0. The highest BCUT2D eigenvalue weighted by Crippen LogP contribution is 2.66. The van der Waals surface area contributed by atoms with Gasteiger partial charge in [0.15, 0.2) is 46.0 Å². The third kappa shape index (κ3) is 5.17. The van der Waals surface area contributed by atoms with Gasteiger partial charge in [0.2, 0.25) is 43.4 Å². The van der Waals surface area contributed by atoms with E-state index in [4.69, 9.17) is 66.3 Å². The Kier molecular flexibility index (Phi) is 8.94. The second-order valence-electron chi connectivity index (χ2n) is 15.8. The van der Waals surface area contributed by atoms with E-state index in [9.17, 15) is 0 Å². The Balaban J connectivity index is 0.000000143. The molecular weight excluding hydrogens is 764 g/mol. The van der Waals surface area contributed by atoms with Crippen LogP contribution >= 0.6 is 0 Å². The lowest BCUT2D eigenvalue weighted by Crippen LogP contribution is -2.15. The summed E-state index contributed by atoms with van der Waals surface area (Å²) in [6.45, 7) is 9.39. The molecule has 7 aliphatic heterocycles. The summed E-state index contributed by atoms with van der Waals surface area (Å²) in [5.74, 6) is 8.63. The van der Waals surface area contributed by atoms with Crippen molar-refractivity contribution in [2.45, 2.75) is 52.1 Å². The third-order valence-electron chi connectivity index (χ3n) is 13.3. The lowest BCUT2D eigenvalue weighted by atomic mass is 9.77. The Morgan fingerprint density at radius 2 is 0.678 bits per heavy atom. The van der Waals surface area contributed by atoms with Gasteiger partial charge in [-0.25, -0.2) is 0 Å². The largest absolute Gasteiger partial charge is 0.493 e. The van der Waals surface area contributed by atoms with Crippen molar-refractivity contribution >= 4 is 0 Å². The van der Waals surface area contributed by atoms with Crippen molar-refractivity contribution < 1.29 is 66.3 Å². The fourth-order valence-corrected chi connectivity index (χ4v) is 10.1. The Bertz CT molecular complexity index is 2290. The SMILES string of the molecule is COc1c2c(cc3c1-c1c(cc4c(c1OC)OCO4)C1OC3C(C)C1C)OCO2.COc1cc2c(c(OC)c1OC)-c1c(cc3c(c1OC)OCO3)C1OC2C(C)C1C. The van der Waals surface area contributed by atoms with Crippen LogP contribution in [0.5, 0.6) is 69.0 Å². The van der Waals surface area contributed by atoms with Crippen molar-refractivity contribution in [3.05, 3.63) is 46.5 Å². The summed E-state index contributed by atoms with van der Waals surface area (Å²) in [4.78, 5) is 0. The van der Waals surface area contributed by atoms with Crippen molar-refractivity contribution in [2.24, 2.45) is 23.7 Å². The van der Waals surface area contributed by atoms with E-state index in [2.05, 4.69) is 27.7 Å². The van der Waals surface area contributed by atoms with Gasteiger partial charge in [0.05, 0.1) is 67.1 Å². The lowest BCUT2D eigenvalue weighted by molar-refractivity contribution is 0.0312. The highest BCUT2D eigenvalue weighted by molar-refractivity contribution is 5.91. The number of ether oxygens (including phenoxy) is 14. The monoisotopic (exact) mass is 812 g/mol. The summed E-state index contributed by atoms with van der Waals surface area (Å²) in [5, 5.41) is 0. The molecule has 11 rings (SSSR count). The van der Waals surface area contributed by atoms with E-state index in [0.717, 1.165) is 44.5 Å². The van der Waals surface area contributed by atoms with Gasteiger partial charge in [-0.1, -0.05) is 27.7 Å². The average molecular weight is 813 g/mol. The average Bonchev–Trinajstić information content (AvgIpc) is 4.09. The molecule has 0 saturated carbocycles. The van der Waals surface area contributed by atoms with E-state index in [-0.39, 0.29) is 44.8 Å². The molecule has 4 aromatic carbocycles. The summed E-state index contributed by atoms with van der Waals surface area (Å²) < 4.78 is 82.4. The van der Waals surface area contributed by atoms with Crippen LogP contribution < -0.4 is 56.8 Å². The highest BCUT2D eigenvalue weighted by atomic mass is 16.7. The molecule has 7 aliphatic rings. The Hall–Kier alpha value is -5.60. The first-order chi connectivity index (χ1) is 28.7. The summed E-state index contributed by atoms with van der Waals surface area (Å²) in [6, 6.07) is 8.05. The van der Waals surface area contributed by atoms with Crippen molar-refractivity contribution in [1.82, 2.24) is 0 Å². The van der Waals surface area contributed by atoms with Crippen LogP contribution in [0.2, 0.25) is 0 Å². The maximum Gasteiger partial charge on any atom is 0.231 e. The minimum absolute atomic E-state index is 0.0952. The molecule has 4 bridgehead atoms. The second-order valence-corrected chi connectivity index (χ2v) is 15.8. The molecule has 312 valence electrons. The van der Waals surface area contributed by atoms with Gasteiger partial charge in [-0.05, 0) is 70.2 Å². The molecule has 14 heteroatoms. The zero-order valence-electron chi connectivity index (χ0n) is 34.8. The fourth-order valence-electron chi connectivity index (χ4n) is 10.1. The maximum atomic E-state index is 6.63. The van der Waals surface area contributed by atoms with Crippen LogP contribution in [0.4, 0.5) is 0 Å². The Morgan fingerprint density at radius 1 is 0.373 bits per heavy atom. The molecule has 0 radical (unpaired) electrons. The van der Waals surface area contributed by atoms with Crippen molar-refractivity contribution in [3.8, 4) is 91.2 Å². The first kappa shape index (κ1) is 37.7. The third-order valence-corrected chi connectivity index (χ3v) is 13.3. The van der Waals surface area contributed by atoms with Gasteiger partial charge in [0, 0.05) is 22.3 Å². The molecule has 4 aromatic rings. The second kappa shape index (κ2) is 14.0. The van der Waals surface area contributed by atoms with Gasteiger partial charge in [-0.15, -0.1) is 0 Å². The van der Waals surface area contributed by atoms with Crippen molar-refractivity contribution in [1.29, 1.82) is 0 Å². The van der Waals surface area contributed by atoms with Crippen LogP contribution in [0, 0.1) is 23.7 Å². The number of hydrogen-bond donors (Lipinski definition) is 0. The molecule has 0 aliphatic carbocycles. The van der Waals surface area contributed by atoms with Gasteiger partial charge >= 0.3 is 0 Å². The van der Waals surface area contributed by atoms with Crippen LogP contribution in [-0.4, -0.2) is 63.0 Å². The molecule has 0 N–H and O–H groups in total. The predicted molar refractivity (Wildman–Crippen MR) is 211 cm³/mol. The summed E-state index contributed by atoms with van der Waals surface area (Å²) in [7, 11) is 9.79. The summed E-state index contributed by atoms with van der Waals surface area (Å²) >= 11 is 0. The molecule has 8 atom stereocenters. The topological polar surface area (TPSA) is 129 Å². The molecule has 0 aromatic heterocycles. The van der Waals surface area contributed by atoms with E-state index in [1.165, 1.54) is 0 Å². The minimum Gasteiger partial charge on any atom is -0.493 e. The Labute approximate surface area is 342 Å². The van der Waals surface area contributed by atoms with Gasteiger partial charge in [-0.2, -0.15) is 0 Å². The van der Waals surface area contributed by atoms with E-state index >= 15 is 0 Å². The lowest BCUT2D eigenvalue weighted by Gasteiger charge is -2.27. The maximum absolute atomic E-state index is 6.63. The molecule has 0 spiro atoms. The Morgan fingerprint density at radius 3 is 0.983 bits per heavy atom. The molecule has 14 nitrogen and oxygen atoms in total. The minimum atomic E-state index is -0.123. The van der Waals surface area contributed by atoms with Crippen LogP contribution in [-0.2, 0) is 9.47 Å². The van der Waals surface area contributed by atoms with Crippen LogP contribution in [0.3, 0.4) is 0 Å². The summed E-state index contributed by atoms with van der Waals surface area (Å²) in [6.07, 6.45) is -0.427. The molecule has 59 heavy (non-hydrogen) atoms. The van der Waals surface area contributed by atoms with E-state index < -0.39 is 0 Å². The number of benzene rings is 4. The van der Waals surface area contributed by atoms with E-state index in [1.54, 1.807) is 42.7 Å². The molecule has 0 amide bonds.